The number of ketones is 1. The van der Waals surface area contributed by atoms with Crippen LogP contribution in [0.15, 0.2) is 0 Å². The van der Waals surface area contributed by atoms with Crippen LogP contribution in [-0.4, -0.2) is 57.2 Å². The molecule has 0 aromatic heterocycles. The molecule has 0 radical (unpaired) electrons. The van der Waals surface area contributed by atoms with Crippen molar-refractivity contribution in [1.82, 2.24) is 4.90 Å². The summed E-state index contributed by atoms with van der Waals surface area (Å²) in [4.78, 5) is 13.4. The average Bonchev–Trinajstić information content (AvgIpc) is 2.12. The van der Waals surface area contributed by atoms with E-state index in [4.69, 9.17) is 9.47 Å². The van der Waals surface area contributed by atoms with Gasteiger partial charge in [-0.1, -0.05) is 0 Å². The fraction of sp³-hybridized carbons (Fsp3) is 0.900. The predicted molar refractivity (Wildman–Crippen MR) is 55.5 cm³/mol. The van der Waals surface area contributed by atoms with Crippen LogP contribution in [0.5, 0.6) is 0 Å². The summed E-state index contributed by atoms with van der Waals surface area (Å²) in [6.07, 6.45) is 0. The molecule has 0 rings (SSSR count). The fourth-order valence-corrected chi connectivity index (χ4v) is 1.16. The Labute approximate surface area is 86.2 Å². The molecule has 0 fully saturated rings. The molecule has 0 atom stereocenters. The van der Waals surface area contributed by atoms with Gasteiger partial charge in [0.1, 0.15) is 6.61 Å². The van der Waals surface area contributed by atoms with E-state index in [-0.39, 0.29) is 12.4 Å². The van der Waals surface area contributed by atoms with Crippen LogP contribution in [0.25, 0.3) is 0 Å². The first kappa shape index (κ1) is 13.5. The molecule has 84 valence electrons. The molecular weight excluding hydrogens is 182 g/mol. The van der Waals surface area contributed by atoms with Gasteiger partial charge >= 0.3 is 0 Å². The Morgan fingerprint density at radius 1 is 1.29 bits per heavy atom. The zero-order chi connectivity index (χ0) is 11.0. The summed E-state index contributed by atoms with van der Waals surface area (Å²) in [5, 5.41) is 0. The minimum Gasteiger partial charge on any atom is -0.383 e. The van der Waals surface area contributed by atoms with Crippen LogP contribution >= 0.6 is 0 Å². The van der Waals surface area contributed by atoms with Crippen molar-refractivity contribution in [1.29, 1.82) is 0 Å². The monoisotopic (exact) mass is 203 g/mol. The first-order valence-corrected chi connectivity index (χ1v) is 4.85. The molecule has 4 nitrogen and oxygen atoms in total. The molecule has 0 amide bonds. The Morgan fingerprint density at radius 3 is 2.36 bits per heavy atom. The topological polar surface area (TPSA) is 38.8 Å². The molecule has 4 heteroatoms. The predicted octanol–water partition coefficient (Wildman–Crippen LogP) is 0.559. The summed E-state index contributed by atoms with van der Waals surface area (Å²) in [5.74, 6) is 0.109. The highest BCUT2D eigenvalue weighted by Gasteiger charge is 2.13. The van der Waals surface area contributed by atoms with Crippen molar-refractivity contribution >= 4 is 5.78 Å². The van der Waals surface area contributed by atoms with E-state index in [1.54, 1.807) is 7.11 Å². The van der Waals surface area contributed by atoms with Crippen molar-refractivity contribution in [2.45, 2.75) is 19.9 Å². The molecule has 0 aromatic carbocycles. The van der Waals surface area contributed by atoms with E-state index in [0.29, 0.717) is 19.2 Å². The third-order valence-corrected chi connectivity index (χ3v) is 2.00. The van der Waals surface area contributed by atoms with Crippen LogP contribution in [0, 0.1) is 0 Å². The normalized spacial score (nSPS) is 11.3. The van der Waals surface area contributed by atoms with E-state index in [1.165, 1.54) is 7.11 Å². The van der Waals surface area contributed by atoms with Crippen molar-refractivity contribution in [3.63, 3.8) is 0 Å². The van der Waals surface area contributed by atoms with Gasteiger partial charge in [-0.3, -0.25) is 9.69 Å². The second kappa shape index (κ2) is 7.91. The van der Waals surface area contributed by atoms with Crippen molar-refractivity contribution in [2.24, 2.45) is 0 Å². The van der Waals surface area contributed by atoms with Crippen LogP contribution in [0.4, 0.5) is 0 Å². The van der Waals surface area contributed by atoms with E-state index in [1.807, 2.05) is 0 Å². The van der Waals surface area contributed by atoms with Crippen molar-refractivity contribution < 1.29 is 14.3 Å². The van der Waals surface area contributed by atoms with Gasteiger partial charge < -0.3 is 9.47 Å². The minimum atomic E-state index is 0.109. The van der Waals surface area contributed by atoms with E-state index in [2.05, 4.69) is 18.7 Å². The SMILES string of the molecule is COCCN(CC(=O)COC)C(C)C. The number of ether oxygens (including phenoxy) is 2. The molecule has 0 aliphatic carbocycles. The van der Waals surface area contributed by atoms with Crippen molar-refractivity contribution in [3.8, 4) is 0 Å². The summed E-state index contributed by atoms with van der Waals surface area (Å²) in [6, 6.07) is 0.353. The maximum absolute atomic E-state index is 11.3. The molecule has 0 saturated heterocycles. The Hall–Kier alpha value is -0.450. The Balaban J connectivity index is 3.89. The summed E-state index contributed by atoms with van der Waals surface area (Å²) < 4.78 is 9.76. The van der Waals surface area contributed by atoms with Gasteiger partial charge in [0, 0.05) is 26.8 Å². The van der Waals surface area contributed by atoms with E-state index in [0.717, 1.165) is 6.54 Å². The quantitative estimate of drug-likeness (QED) is 0.578. The highest BCUT2D eigenvalue weighted by Crippen LogP contribution is 1.97. The molecule has 0 N–H and O–H groups in total. The van der Waals surface area contributed by atoms with Gasteiger partial charge in [0.25, 0.3) is 0 Å². The summed E-state index contributed by atoms with van der Waals surface area (Å²) >= 11 is 0. The Morgan fingerprint density at radius 2 is 1.93 bits per heavy atom. The lowest BCUT2D eigenvalue weighted by Gasteiger charge is -2.25. The molecule has 0 aliphatic rings. The van der Waals surface area contributed by atoms with Gasteiger partial charge in [-0.2, -0.15) is 0 Å². The Bertz CT molecular complexity index is 159. The molecule has 0 saturated carbocycles. The van der Waals surface area contributed by atoms with Crippen LogP contribution in [0.3, 0.4) is 0 Å². The van der Waals surface area contributed by atoms with E-state index >= 15 is 0 Å². The lowest BCUT2D eigenvalue weighted by Crippen LogP contribution is -2.39. The molecule has 0 heterocycles. The van der Waals surface area contributed by atoms with Crippen molar-refractivity contribution in [3.05, 3.63) is 0 Å². The number of carbonyl (C=O) groups excluding carboxylic acids is 1. The molecule has 0 unspecified atom stereocenters. The maximum atomic E-state index is 11.3. The zero-order valence-electron chi connectivity index (χ0n) is 9.58. The third kappa shape index (κ3) is 6.07. The fourth-order valence-electron chi connectivity index (χ4n) is 1.16. The third-order valence-electron chi connectivity index (χ3n) is 2.00. The highest BCUT2D eigenvalue weighted by molar-refractivity contribution is 5.81. The highest BCUT2D eigenvalue weighted by atomic mass is 16.5. The number of rotatable bonds is 8. The van der Waals surface area contributed by atoms with Crippen molar-refractivity contribution in [2.75, 3.05) is 40.5 Å². The van der Waals surface area contributed by atoms with E-state index < -0.39 is 0 Å². The van der Waals surface area contributed by atoms with Crippen LogP contribution in [0.2, 0.25) is 0 Å². The summed E-state index contributed by atoms with van der Waals surface area (Å²) in [5.41, 5.74) is 0. The number of methoxy groups -OCH3 is 2. The summed E-state index contributed by atoms with van der Waals surface area (Å²) in [6.45, 7) is 6.19. The molecule has 0 aromatic rings. The number of hydrogen-bond acceptors (Lipinski definition) is 4. The lowest BCUT2D eigenvalue weighted by atomic mass is 10.3. The number of carbonyl (C=O) groups is 1. The van der Waals surface area contributed by atoms with Gasteiger partial charge in [0.05, 0.1) is 13.2 Å². The number of hydrogen-bond donors (Lipinski definition) is 0. The van der Waals surface area contributed by atoms with Gasteiger partial charge in [-0.25, -0.2) is 0 Å². The molecular formula is C10H21NO3. The van der Waals surface area contributed by atoms with Crippen LogP contribution in [-0.2, 0) is 14.3 Å². The number of Topliss-reactive ketones (excluding diaryl/α,β-unsaturated/α-hetero) is 1. The first-order valence-electron chi connectivity index (χ1n) is 4.85. The van der Waals surface area contributed by atoms with Crippen LogP contribution < -0.4 is 0 Å². The second-order valence-corrected chi connectivity index (χ2v) is 3.53. The average molecular weight is 203 g/mol. The van der Waals surface area contributed by atoms with Gasteiger partial charge in [-0.15, -0.1) is 0 Å². The largest absolute Gasteiger partial charge is 0.383 e. The van der Waals surface area contributed by atoms with E-state index in [9.17, 15) is 4.79 Å². The molecule has 14 heavy (non-hydrogen) atoms. The molecule has 0 bridgehead atoms. The number of nitrogens with zero attached hydrogens (tertiary/aromatic N) is 1. The maximum Gasteiger partial charge on any atom is 0.172 e. The molecule has 0 spiro atoms. The van der Waals surface area contributed by atoms with Gasteiger partial charge in [-0.05, 0) is 13.8 Å². The lowest BCUT2D eigenvalue weighted by molar-refractivity contribution is -0.124. The first-order chi connectivity index (χ1) is 6.61. The smallest absolute Gasteiger partial charge is 0.172 e. The molecule has 0 aliphatic heterocycles. The Kier molecular flexibility index (Phi) is 7.65. The van der Waals surface area contributed by atoms with Crippen LogP contribution in [0.1, 0.15) is 13.8 Å². The second-order valence-electron chi connectivity index (χ2n) is 3.53. The zero-order valence-corrected chi connectivity index (χ0v) is 9.58. The standard InChI is InChI=1S/C10H21NO3/c1-9(2)11(5-6-13-3)7-10(12)8-14-4/h9H,5-8H2,1-4H3. The summed E-state index contributed by atoms with van der Waals surface area (Å²) in [7, 11) is 3.20. The minimum absolute atomic E-state index is 0.109. The van der Waals surface area contributed by atoms with Gasteiger partial charge in [0.15, 0.2) is 5.78 Å². The van der Waals surface area contributed by atoms with Gasteiger partial charge in [0.2, 0.25) is 0 Å².